The fourth-order valence-corrected chi connectivity index (χ4v) is 2.77. The molecule has 2 N–H and O–H groups in total. The van der Waals surface area contributed by atoms with Crippen molar-refractivity contribution in [3.8, 4) is 0 Å². The van der Waals surface area contributed by atoms with Crippen molar-refractivity contribution in [2.75, 3.05) is 0 Å². The summed E-state index contributed by atoms with van der Waals surface area (Å²) >= 11 is 0. The summed E-state index contributed by atoms with van der Waals surface area (Å²) in [5, 5.41) is 18.7. The largest absolute Gasteiger partial charge is 0.478 e. The lowest BCUT2D eigenvalue weighted by molar-refractivity contribution is 0.0697. The van der Waals surface area contributed by atoms with E-state index in [-0.39, 0.29) is 17.7 Å². The highest BCUT2D eigenvalue weighted by Crippen LogP contribution is 2.25. The van der Waals surface area contributed by atoms with Gasteiger partial charge in [0.15, 0.2) is 0 Å². The Morgan fingerprint density at radius 3 is 2.67 bits per heavy atom. The molecule has 2 rings (SSSR count). The second-order valence-electron chi connectivity index (χ2n) is 5.59. The number of aryl methyl sites for hydroxylation is 1. The van der Waals surface area contributed by atoms with E-state index in [0.29, 0.717) is 11.9 Å². The van der Waals surface area contributed by atoms with Crippen LogP contribution in [0.1, 0.15) is 55.8 Å². The Labute approximate surface area is 124 Å². The molecular formula is C16H22N2O3. The third kappa shape index (κ3) is 3.24. The average molecular weight is 290 g/mol. The molecule has 1 heterocycles. The molecule has 0 aliphatic carbocycles. The molecule has 0 saturated heterocycles. The van der Waals surface area contributed by atoms with Crippen molar-refractivity contribution in [3.63, 3.8) is 0 Å². The van der Waals surface area contributed by atoms with E-state index >= 15 is 0 Å². The van der Waals surface area contributed by atoms with Gasteiger partial charge in [-0.15, -0.1) is 0 Å². The second-order valence-corrected chi connectivity index (χ2v) is 5.59. The van der Waals surface area contributed by atoms with Gasteiger partial charge in [-0.25, -0.2) is 9.78 Å². The van der Waals surface area contributed by atoms with Gasteiger partial charge in [0.05, 0.1) is 22.7 Å². The van der Waals surface area contributed by atoms with Crippen molar-refractivity contribution in [2.24, 2.45) is 0 Å². The Morgan fingerprint density at radius 2 is 2.10 bits per heavy atom. The molecule has 1 aromatic carbocycles. The lowest BCUT2D eigenvalue weighted by atomic mass is 10.1. The average Bonchev–Trinajstić information content (AvgIpc) is 2.75. The maximum Gasteiger partial charge on any atom is 0.335 e. The molecule has 0 aliphatic rings. The third-order valence-corrected chi connectivity index (χ3v) is 3.61. The highest BCUT2D eigenvalue weighted by Gasteiger charge is 2.18. The Hall–Kier alpha value is -1.88. The number of aromatic carboxylic acids is 1. The zero-order valence-electron chi connectivity index (χ0n) is 12.7. The predicted octanol–water partition coefficient (Wildman–Crippen LogP) is 3.02. The number of hydrogen-bond donors (Lipinski definition) is 2. The van der Waals surface area contributed by atoms with E-state index in [0.717, 1.165) is 24.2 Å². The summed E-state index contributed by atoms with van der Waals surface area (Å²) < 4.78 is 2.12. The van der Waals surface area contributed by atoms with Crippen molar-refractivity contribution < 1.29 is 15.0 Å². The van der Waals surface area contributed by atoms with Crippen molar-refractivity contribution in [2.45, 2.75) is 52.2 Å². The van der Waals surface area contributed by atoms with Crippen LogP contribution in [0.15, 0.2) is 18.2 Å². The van der Waals surface area contributed by atoms with Gasteiger partial charge >= 0.3 is 5.97 Å². The van der Waals surface area contributed by atoms with E-state index in [1.807, 2.05) is 6.07 Å². The van der Waals surface area contributed by atoms with E-state index in [4.69, 9.17) is 5.11 Å². The van der Waals surface area contributed by atoms with Crippen LogP contribution in [-0.4, -0.2) is 31.8 Å². The molecular weight excluding hydrogens is 268 g/mol. The molecule has 0 saturated carbocycles. The number of nitrogens with zero attached hydrogens (tertiary/aromatic N) is 2. The molecule has 0 fully saturated rings. The standard InChI is InChI=1S/C16H22N2O3/c1-4-5-15-17-13-9-12(16(20)21)6-7-14(13)18(15)10(2)8-11(3)19/h6-7,9-11,19H,4-5,8H2,1-3H3,(H,20,21). The monoisotopic (exact) mass is 290 g/mol. The van der Waals surface area contributed by atoms with Crippen LogP contribution in [0.4, 0.5) is 0 Å². The Morgan fingerprint density at radius 1 is 1.38 bits per heavy atom. The van der Waals surface area contributed by atoms with E-state index in [1.54, 1.807) is 19.1 Å². The number of carboxylic acids is 1. The first-order chi connectivity index (χ1) is 9.93. The summed E-state index contributed by atoms with van der Waals surface area (Å²) in [6.45, 7) is 5.92. The van der Waals surface area contributed by atoms with Gasteiger partial charge in [0.25, 0.3) is 0 Å². The number of hydrogen-bond acceptors (Lipinski definition) is 3. The van der Waals surface area contributed by atoms with Gasteiger partial charge < -0.3 is 14.8 Å². The number of aliphatic hydroxyl groups is 1. The molecule has 2 atom stereocenters. The number of benzene rings is 1. The summed E-state index contributed by atoms with van der Waals surface area (Å²) in [4.78, 5) is 15.7. The van der Waals surface area contributed by atoms with Crippen LogP contribution in [0.3, 0.4) is 0 Å². The maximum absolute atomic E-state index is 11.1. The maximum atomic E-state index is 11.1. The zero-order chi connectivity index (χ0) is 15.6. The molecule has 0 bridgehead atoms. The molecule has 2 unspecified atom stereocenters. The molecule has 0 amide bonds. The van der Waals surface area contributed by atoms with Crippen LogP contribution >= 0.6 is 0 Å². The van der Waals surface area contributed by atoms with Crippen LogP contribution < -0.4 is 0 Å². The number of fused-ring (bicyclic) bond motifs is 1. The number of rotatable bonds is 6. The lowest BCUT2D eigenvalue weighted by Crippen LogP contribution is -2.14. The number of aromatic nitrogens is 2. The van der Waals surface area contributed by atoms with Gasteiger partial charge in [-0.3, -0.25) is 0 Å². The zero-order valence-corrected chi connectivity index (χ0v) is 12.7. The van der Waals surface area contributed by atoms with Gasteiger partial charge in [0.1, 0.15) is 5.82 Å². The van der Waals surface area contributed by atoms with E-state index in [9.17, 15) is 9.90 Å². The summed E-state index contributed by atoms with van der Waals surface area (Å²) in [6, 6.07) is 5.15. The number of carboxylic acid groups (broad SMARTS) is 1. The summed E-state index contributed by atoms with van der Waals surface area (Å²) in [5.41, 5.74) is 1.88. The first kappa shape index (κ1) is 15.5. The predicted molar refractivity (Wildman–Crippen MR) is 81.7 cm³/mol. The first-order valence-electron chi connectivity index (χ1n) is 7.36. The Balaban J connectivity index is 2.54. The van der Waals surface area contributed by atoms with Crippen LogP contribution in [0.25, 0.3) is 11.0 Å². The molecule has 0 aliphatic heterocycles. The summed E-state index contributed by atoms with van der Waals surface area (Å²) in [6.07, 6.45) is 2.06. The molecule has 1 aromatic heterocycles. The second kappa shape index (κ2) is 6.26. The van der Waals surface area contributed by atoms with Gasteiger partial charge in [-0.05, 0) is 44.9 Å². The van der Waals surface area contributed by atoms with Crippen LogP contribution in [0, 0.1) is 0 Å². The lowest BCUT2D eigenvalue weighted by Gasteiger charge is -2.19. The highest BCUT2D eigenvalue weighted by atomic mass is 16.4. The third-order valence-electron chi connectivity index (χ3n) is 3.61. The first-order valence-corrected chi connectivity index (χ1v) is 7.36. The van der Waals surface area contributed by atoms with Gasteiger partial charge in [-0.1, -0.05) is 6.92 Å². The van der Waals surface area contributed by atoms with E-state index in [2.05, 4.69) is 23.4 Å². The molecule has 0 spiro atoms. The molecule has 2 aromatic rings. The normalized spacial score (nSPS) is 14.3. The van der Waals surface area contributed by atoms with Gasteiger partial charge in [-0.2, -0.15) is 0 Å². The number of aliphatic hydroxyl groups excluding tert-OH is 1. The van der Waals surface area contributed by atoms with Gasteiger partial charge in [0, 0.05) is 12.5 Å². The minimum Gasteiger partial charge on any atom is -0.478 e. The smallest absolute Gasteiger partial charge is 0.335 e. The van der Waals surface area contributed by atoms with Crippen LogP contribution in [0.2, 0.25) is 0 Å². The fraction of sp³-hybridized carbons (Fsp3) is 0.500. The fourth-order valence-electron chi connectivity index (χ4n) is 2.77. The van der Waals surface area contributed by atoms with Crippen LogP contribution in [0.5, 0.6) is 0 Å². The van der Waals surface area contributed by atoms with Crippen molar-refractivity contribution in [3.05, 3.63) is 29.6 Å². The summed E-state index contributed by atoms with van der Waals surface area (Å²) in [5.74, 6) is 0.00343. The Kier molecular flexibility index (Phi) is 4.63. The quantitative estimate of drug-likeness (QED) is 0.857. The summed E-state index contributed by atoms with van der Waals surface area (Å²) in [7, 11) is 0. The van der Waals surface area contributed by atoms with E-state index < -0.39 is 5.97 Å². The highest BCUT2D eigenvalue weighted by molar-refractivity contribution is 5.92. The van der Waals surface area contributed by atoms with E-state index in [1.165, 1.54) is 0 Å². The molecule has 21 heavy (non-hydrogen) atoms. The minimum absolute atomic E-state index is 0.118. The molecule has 0 radical (unpaired) electrons. The molecule has 114 valence electrons. The SMILES string of the molecule is CCCc1nc2cc(C(=O)O)ccc2n1C(C)CC(C)O. The minimum atomic E-state index is -0.944. The van der Waals surface area contributed by atoms with Crippen LogP contribution in [-0.2, 0) is 6.42 Å². The van der Waals surface area contributed by atoms with Gasteiger partial charge in [0.2, 0.25) is 0 Å². The topological polar surface area (TPSA) is 75.3 Å². The van der Waals surface area contributed by atoms with Crippen molar-refractivity contribution >= 4 is 17.0 Å². The Bertz CT molecular complexity index is 646. The number of imidazole rings is 1. The molecule has 5 nitrogen and oxygen atoms in total. The molecule has 5 heteroatoms. The number of carbonyl (C=O) groups is 1. The van der Waals surface area contributed by atoms with Crippen molar-refractivity contribution in [1.29, 1.82) is 0 Å². The van der Waals surface area contributed by atoms with Crippen molar-refractivity contribution in [1.82, 2.24) is 9.55 Å².